The summed E-state index contributed by atoms with van der Waals surface area (Å²) in [5.41, 5.74) is 1.69. The quantitative estimate of drug-likeness (QED) is 0.763. The fraction of sp³-hybridized carbons (Fsp3) is 0.471. The second-order valence-electron chi connectivity index (χ2n) is 5.71. The molecule has 7 heteroatoms. The summed E-state index contributed by atoms with van der Waals surface area (Å²) in [6.07, 6.45) is 2.08. The predicted molar refractivity (Wildman–Crippen MR) is 93.2 cm³/mol. The van der Waals surface area contributed by atoms with E-state index in [4.69, 9.17) is 14.2 Å². The molecule has 2 N–H and O–H groups in total. The smallest absolute Gasteiger partial charge is 0.224 e. The fourth-order valence-electron chi connectivity index (χ4n) is 2.62. The first-order valence-corrected chi connectivity index (χ1v) is 7.72. The summed E-state index contributed by atoms with van der Waals surface area (Å²) in [6, 6.07) is 1.84. The van der Waals surface area contributed by atoms with Crippen molar-refractivity contribution in [1.82, 2.24) is 15.2 Å². The van der Waals surface area contributed by atoms with Crippen LogP contribution >= 0.6 is 0 Å². The number of benzene rings is 1. The molecular weight excluding hydrogens is 310 g/mol. The molecule has 0 radical (unpaired) electrons. The number of hydrogen-bond donors (Lipinski definition) is 2. The van der Waals surface area contributed by atoms with Crippen molar-refractivity contribution in [3.8, 4) is 17.2 Å². The van der Waals surface area contributed by atoms with Gasteiger partial charge >= 0.3 is 0 Å². The molecule has 0 saturated carbocycles. The van der Waals surface area contributed by atoms with Gasteiger partial charge in [0.15, 0.2) is 11.5 Å². The molecule has 0 spiro atoms. The second kappa shape index (κ2) is 7.92. The van der Waals surface area contributed by atoms with Gasteiger partial charge in [0.1, 0.15) is 0 Å². The van der Waals surface area contributed by atoms with Crippen LogP contribution in [0.1, 0.15) is 5.56 Å². The van der Waals surface area contributed by atoms with Gasteiger partial charge in [0.25, 0.3) is 0 Å². The number of nitrogens with one attached hydrogen (secondary N) is 2. The number of rotatable bonds is 8. The van der Waals surface area contributed by atoms with Crippen molar-refractivity contribution in [2.45, 2.75) is 6.42 Å². The van der Waals surface area contributed by atoms with E-state index in [0.717, 1.165) is 23.0 Å². The minimum Gasteiger partial charge on any atom is -0.493 e. The second-order valence-corrected chi connectivity index (χ2v) is 5.71. The van der Waals surface area contributed by atoms with Gasteiger partial charge in [0, 0.05) is 30.7 Å². The molecule has 0 aliphatic carbocycles. The Morgan fingerprint density at radius 1 is 1.17 bits per heavy atom. The number of carbonyl (C=O) groups is 1. The Bertz CT molecular complexity index is 709. The highest BCUT2D eigenvalue weighted by molar-refractivity contribution is 5.96. The van der Waals surface area contributed by atoms with Gasteiger partial charge in [-0.15, -0.1) is 0 Å². The Hall–Kier alpha value is -2.41. The molecule has 1 aromatic heterocycles. The Kier molecular flexibility index (Phi) is 5.92. The molecule has 2 aromatic rings. The molecule has 1 heterocycles. The lowest BCUT2D eigenvalue weighted by Crippen LogP contribution is -2.32. The summed E-state index contributed by atoms with van der Waals surface area (Å²) in [7, 11) is 8.65. The molecule has 0 aliphatic heterocycles. The SMILES string of the molecule is COc1cc2[nH]cc(CC(=O)NCCN(C)C)c2c(OC)c1OC. The number of methoxy groups -OCH3 is 3. The number of H-pyrrole nitrogens is 1. The number of carbonyl (C=O) groups excluding carboxylic acids is 1. The number of ether oxygens (including phenoxy) is 3. The maximum Gasteiger partial charge on any atom is 0.224 e. The lowest BCUT2D eigenvalue weighted by Gasteiger charge is -2.14. The van der Waals surface area contributed by atoms with Crippen LogP contribution in [0.25, 0.3) is 10.9 Å². The number of hydrogen-bond acceptors (Lipinski definition) is 5. The van der Waals surface area contributed by atoms with Crippen molar-refractivity contribution in [1.29, 1.82) is 0 Å². The highest BCUT2D eigenvalue weighted by Gasteiger charge is 2.20. The van der Waals surface area contributed by atoms with Gasteiger partial charge in [0.05, 0.1) is 33.3 Å². The molecule has 0 fully saturated rings. The van der Waals surface area contributed by atoms with Gasteiger partial charge in [-0.2, -0.15) is 0 Å². The molecule has 0 saturated heterocycles. The average Bonchev–Trinajstić information content (AvgIpc) is 2.95. The zero-order valence-corrected chi connectivity index (χ0v) is 14.9. The van der Waals surface area contributed by atoms with Gasteiger partial charge in [-0.25, -0.2) is 0 Å². The van der Waals surface area contributed by atoms with E-state index in [1.807, 2.05) is 31.3 Å². The normalized spacial score (nSPS) is 10.9. The van der Waals surface area contributed by atoms with Crippen LogP contribution in [0.2, 0.25) is 0 Å². The Labute approximate surface area is 141 Å². The van der Waals surface area contributed by atoms with Crippen LogP contribution in [0.5, 0.6) is 17.2 Å². The summed E-state index contributed by atoms with van der Waals surface area (Å²) in [5, 5.41) is 3.75. The molecule has 0 atom stereocenters. The highest BCUT2D eigenvalue weighted by atomic mass is 16.5. The molecule has 7 nitrogen and oxygen atoms in total. The van der Waals surface area contributed by atoms with E-state index in [9.17, 15) is 4.79 Å². The zero-order chi connectivity index (χ0) is 17.7. The van der Waals surface area contributed by atoms with Crippen LogP contribution in [0.3, 0.4) is 0 Å². The number of likely N-dealkylation sites (N-methyl/N-ethyl adjacent to an activating group) is 1. The summed E-state index contributed by atoms with van der Waals surface area (Å²) in [5.74, 6) is 1.62. The van der Waals surface area contributed by atoms with Gasteiger partial charge in [-0.1, -0.05) is 0 Å². The van der Waals surface area contributed by atoms with E-state index in [0.29, 0.717) is 23.8 Å². The molecule has 132 valence electrons. The Morgan fingerprint density at radius 2 is 1.88 bits per heavy atom. The average molecular weight is 335 g/mol. The van der Waals surface area contributed by atoms with Crippen LogP contribution < -0.4 is 19.5 Å². The van der Waals surface area contributed by atoms with E-state index in [1.54, 1.807) is 21.3 Å². The number of amides is 1. The van der Waals surface area contributed by atoms with Crippen molar-refractivity contribution in [3.05, 3.63) is 17.8 Å². The lowest BCUT2D eigenvalue weighted by molar-refractivity contribution is -0.120. The van der Waals surface area contributed by atoms with Crippen molar-refractivity contribution in [2.75, 3.05) is 48.5 Å². The third-order valence-corrected chi connectivity index (χ3v) is 3.79. The third-order valence-electron chi connectivity index (χ3n) is 3.79. The van der Waals surface area contributed by atoms with E-state index in [2.05, 4.69) is 10.3 Å². The summed E-state index contributed by atoms with van der Waals surface area (Å²) >= 11 is 0. The van der Waals surface area contributed by atoms with Crippen molar-refractivity contribution in [2.24, 2.45) is 0 Å². The minimum absolute atomic E-state index is 0.0328. The van der Waals surface area contributed by atoms with Gasteiger partial charge in [-0.3, -0.25) is 4.79 Å². The summed E-state index contributed by atoms with van der Waals surface area (Å²) < 4.78 is 16.3. The number of aromatic nitrogens is 1. The van der Waals surface area contributed by atoms with Crippen LogP contribution in [0, 0.1) is 0 Å². The minimum atomic E-state index is -0.0328. The van der Waals surface area contributed by atoms with Crippen LogP contribution in [0.4, 0.5) is 0 Å². The van der Waals surface area contributed by atoms with E-state index in [-0.39, 0.29) is 12.3 Å². The van der Waals surface area contributed by atoms with Crippen molar-refractivity contribution >= 4 is 16.8 Å². The van der Waals surface area contributed by atoms with Gasteiger partial charge in [0.2, 0.25) is 11.7 Å². The fourth-order valence-corrected chi connectivity index (χ4v) is 2.62. The van der Waals surface area contributed by atoms with Gasteiger partial charge in [-0.05, 0) is 19.7 Å². The standard InChI is InChI=1S/C17H25N3O4/c1-20(2)7-6-18-14(21)8-11-10-19-12-9-13(22-3)16(23-4)17(24-5)15(11)12/h9-10,19H,6-8H2,1-5H3,(H,18,21). The van der Waals surface area contributed by atoms with E-state index in [1.165, 1.54) is 0 Å². The van der Waals surface area contributed by atoms with Gasteiger partial charge < -0.3 is 29.4 Å². The molecule has 0 unspecified atom stereocenters. The predicted octanol–water partition coefficient (Wildman–Crippen LogP) is 1.41. The monoisotopic (exact) mass is 335 g/mol. The molecule has 1 amide bonds. The molecular formula is C17H25N3O4. The topological polar surface area (TPSA) is 75.8 Å². The van der Waals surface area contributed by atoms with Crippen molar-refractivity contribution < 1.29 is 19.0 Å². The molecule has 2 rings (SSSR count). The van der Waals surface area contributed by atoms with Crippen molar-refractivity contribution in [3.63, 3.8) is 0 Å². The first-order valence-electron chi connectivity index (χ1n) is 7.72. The van der Waals surface area contributed by atoms with Crippen LogP contribution in [-0.4, -0.2) is 64.3 Å². The maximum absolute atomic E-state index is 12.2. The first-order chi connectivity index (χ1) is 11.5. The molecule has 1 aromatic carbocycles. The number of fused-ring (bicyclic) bond motifs is 1. The first kappa shape index (κ1) is 17.9. The Balaban J connectivity index is 2.30. The number of nitrogens with zero attached hydrogens (tertiary/aromatic N) is 1. The number of aromatic amines is 1. The van der Waals surface area contributed by atoms with E-state index < -0.39 is 0 Å². The maximum atomic E-state index is 12.2. The Morgan fingerprint density at radius 3 is 2.46 bits per heavy atom. The lowest BCUT2D eigenvalue weighted by atomic mass is 10.1. The summed E-state index contributed by atoms with van der Waals surface area (Å²) in [4.78, 5) is 17.4. The molecule has 0 aliphatic rings. The summed E-state index contributed by atoms with van der Waals surface area (Å²) in [6.45, 7) is 1.41. The molecule has 24 heavy (non-hydrogen) atoms. The van der Waals surface area contributed by atoms with E-state index >= 15 is 0 Å². The van der Waals surface area contributed by atoms with Crippen LogP contribution in [0.15, 0.2) is 12.3 Å². The molecule has 0 bridgehead atoms. The van der Waals surface area contributed by atoms with Crippen LogP contribution in [-0.2, 0) is 11.2 Å². The highest BCUT2D eigenvalue weighted by Crippen LogP contribution is 2.44. The zero-order valence-electron chi connectivity index (χ0n) is 14.9. The largest absolute Gasteiger partial charge is 0.493 e. The third kappa shape index (κ3) is 3.73.